The van der Waals surface area contributed by atoms with Crippen LogP contribution in [0.4, 0.5) is 5.69 Å². The molecule has 3 aromatic rings. The van der Waals surface area contributed by atoms with Gasteiger partial charge >= 0.3 is 0 Å². The average molecular weight is 332 g/mol. The van der Waals surface area contributed by atoms with Gasteiger partial charge < -0.3 is 13.9 Å². The summed E-state index contributed by atoms with van der Waals surface area (Å²) in [7, 11) is -3.74. The van der Waals surface area contributed by atoms with Gasteiger partial charge in [-0.2, -0.15) is 0 Å². The Bertz CT molecular complexity index is 980. The van der Waals surface area contributed by atoms with Gasteiger partial charge in [-0.15, -0.1) is 0 Å². The van der Waals surface area contributed by atoms with Crippen LogP contribution in [-0.4, -0.2) is 26.6 Å². The van der Waals surface area contributed by atoms with Gasteiger partial charge in [-0.05, 0) is 30.3 Å². The number of hydrogen-bond acceptors (Lipinski definition) is 6. The van der Waals surface area contributed by atoms with E-state index in [1.807, 2.05) is 0 Å². The molecule has 4 rings (SSSR count). The zero-order valence-electron chi connectivity index (χ0n) is 11.9. The van der Waals surface area contributed by atoms with E-state index in [2.05, 4.69) is 9.71 Å². The van der Waals surface area contributed by atoms with Crippen molar-refractivity contribution in [3.05, 3.63) is 42.8 Å². The van der Waals surface area contributed by atoms with Crippen LogP contribution in [0.3, 0.4) is 0 Å². The Labute approximate surface area is 131 Å². The number of rotatable bonds is 3. The third-order valence-corrected chi connectivity index (χ3v) is 4.79. The molecule has 0 atom stereocenters. The molecular weight excluding hydrogens is 320 g/mol. The molecule has 0 aliphatic carbocycles. The molecule has 0 unspecified atom stereocenters. The number of aromatic nitrogens is 1. The first-order valence-electron chi connectivity index (χ1n) is 6.87. The maximum absolute atomic E-state index is 12.5. The van der Waals surface area contributed by atoms with E-state index in [4.69, 9.17) is 13.9 Å². The fraction of sp³-hybridized carbons (Fsp3) is 0.133. The van der Waals surface area contributed by atoms with Crippen molar-refractivity contribution in [1.29, 1.82) is 0 Å². The van der Waals surface area contributed by atoms with E-state index in [1.165, 1.54) is 18.5 Å². The lowest BCUT2D eigenvalue weighted by Gasteiger charge is -2.19. The summed E-state index contributed by atoms with van der Waals surface area (Å²) in [6.45, 7) is 0.849. The zero-order chi connectivity index (χ0) is 15.9. The second kappa shape index (κ2) is 5.17. The summed E-state index contributed by atoms with van der Waals surface area (Å²) in [4.78, 5) is 4.10. The zero-order valence-corrected chi connectivity index (χ0v) is 12.7. The lowest BCUT2D eigenvalue weighted by molar-refractivity contribution is 0.171. The lowest BCUT2D eigenvalue weighted by atomic mass is 10.3. The molecule has 2 aromatic carbocycles. The third kappa shape index (κ3) is 2.57. The molecule has 0 fully saturated rings. The van der Waals surface area contributed by atoms with Gasteiger partial charge in [-0.25, -0.2) is 13.4 Å². The number of oxazole rings is 1. The minimum Gasteiger partial charge on any atom is -0.486 e. The Kier molecular flexibility index (Phi) is 3.12. The van der Waals surface area contributed by atoms with Gasteiger partial charge in [0.1, 0.15) is 18.7 Å². The number of nitrogens with one attached hydrogen (secondary N) is 1. The molecule has 0 saturated heterocycles. The predicted molar refractivity (Wildman–Crippen MR) is 82.2 cm³/mol. The van der Waals surface area contributed by atoms with Crippen molar-refractivity contribution < 1.29 is 22.3 Å². The van der Waals surface area contributed by atoms with E-state index >= 15 is 0 Å². The van der Waals surface area contributed by atoms with Gasteiger partial charge in [0, 0.05) is 6.07 Å². The van der Waals surface area contributed by atoms with Crippen molar-refractivity contribution in [3.8, 4) is 11.5 Å². The fourth-order valence-electron chi connectivity index (χ4n) is 2.33. The van der Waals surface area contributed by atoms with Crippen LogP contribution in [0.1, 0.15) is 0 Å². The molecule has 2 heterocycles. The standard InChI is InChI=1S/C15H12N2O5S/c18-23(19,11-2-4-14-15(8-11)21-6-5-20-14)17-10-1-3-13-12(7-10)16-9-22-13/h1-4,7-9,17H,5-6H2. The molecular formula is C15H12N2O5S. The van der Waals surface area contributed by atoms with Gasteiger partial charge in [-0.3, -0.25) is 4.72 Å². The first kappa shape index (κ1) is 13.9. The van der Waals surface area contributed by atoms with Crippen LogP contribution in [-0.2, 0) is 10.0 Å². The summed E-state index contributed by atoms with van der Waals surface area (Å²) in [6.07, 6.45) is 1.31. The molecule has 23 heavy (non-hydrogen) atoms. The third-order valence-electron chi connectivity index (χ3n) is 3.41. The second-order valence-corrected chi connectivity index (χ2v) is 6.63. The molecule has 1 aliphatic heterocycles. The minimum atomic E-state index is -3.74. The summed E-state index contributed by atoms with van der Waals surface area (Å²) >= 11 is 0. The molecule has 118 valence electrons. The van der Waals surface area contributed by atoms with Crippen LogP contribution in [0.15, 0.2) is 52.1 Å². The number of fused-ring (bicyclic) bond motifs is 2. The van der Waals surface area contributed by atoms with Gasteiger partial charge in [0.05, 0.1) is 10.6 Å². The van der Waals surface area contributed by atoms with E-state index in [1.54, 1.807) is 24.3 Å². The van der Waals surface area contributed by atoms with Crippen molar-refractivity contribution in [2.75, 3.05) is 17.9 Å². The molecule has 7 nitrogen and oxygen atoms in total. The number of nitrogens with zero attached hydrogens (tertiary/aromatic N) is 1. The normalized spacial score (nSPS) is 13.9. The summed E-state index contributed by atoms with van der Waals surface area (Å²) in [6, 6.07) is 9.39. The molecule has 0 radical (unpaired) electrons. The number of ether oxygens (including phenoxy) is 2. The highest BCUT2D eigenvalue weighted by molar-refractivity contribution is 7.92. The van der Waals surface area contributed by atoms with E-state index in [0.717, 1.165) is 0 Å². The largest absolute Gasteiger partial charge is 0.486 e. The Morgan fingerprint density at radius 3 is 2.70 bits per heavy atom. The summed E-state index contributed by atoms with van der Waals surface area (Å²) < 4.78 is 43.5. The van der Waals surface area contributed by atoms with E-state index in [-0.39, 0.29) is 4.90 Å². The van der Waals surface area contributed by atoms with Crippen LogP contribution < -0.4 is 14.2 Å². The van der Waals surface area contributed by atoms with Crippen molar-refractivity contribution >= 4 is 26.8 Å². The summed E-state index contributed by atoms with van der Waals surface area (Å²) in [5, 5.41) is 0. The van der Waals surface area contributed by atoms with Crippen molar-refractivity contribution in [1.82, 2.24) is 4.98 Å². The van der Waals surface area contributed by atoms with E-state index < -0.39 is 10.0 Å². The molecule has 0 amide bonds. The predicted octanol–water partition coefficient (Wildman–Crippen LogP) is 2.40. The van der Waals surface area contributed by atoms with Gasteiger partial charge in [0.15, 0.2) is 23.5 Å². The maximum Gasteiger partial charge on any atom is 0.262 e. The summed E-state index contributed by atoms with van der Waals surface area (Å²) in [5.74, 6) is 0.963. The first-order valence-corrected chi connectivity index (χ1v) is 8.36. The first-order chi connectivity index (χ1) is 11.1. The number of sulfonamides is 1. The molecule has 0 bridgehead atoms. The number of anilines is 1. The number of benzene rings is 2. The van der Waals surface area contributed by atoms with Crippen LogP contribution in [0, 0.1) is 0 Å². The van der Waals surface area contributed by atoms with Crippen LogP contribution in [0.2, 0.25) is 0 Å². The van der Waals surface area contributed by atoms with Crippen LogP contribution in [0.5, 0.6) is 11.5 Å². The molecule has 8 heteroatoms. The molecule has 0 spiro atoms. The Morgan fingerprint density at radius 1 is 1.00 bits per heavy atom. The smallest absolute Gasteiger partial charge is 0.262 e. The van der Waals surface area contributed by atoms with Crippen LogP contribution >= 0.6 is 0 Å². The van der Waals surface area contributed by atoms with Crippen molar-refractivity contribution in [3.63, 3.8) is 0 Å². The highest BCUT2D eigenvalue weighted by atomic mass is 32.2. The minimum absolute atomic E-state index is 0.0991. The topological polar surface area (TPSA) is 90.7 Å². The Balaban J connectivity index is 1.66. The van der Waals surface area contributed by atoms with Crippen molar-refractivity contribution in [2.24, 2.45) is 0 Å². The Morgan fingerprint density at radius 2 is 1.83 bits per heavy atom. The maximum atomic E-state index is 12.5. The molecule has 1 N–H and O–H groups in total. The quantitative estimate of drug-likeness (QED) is 0.792. The average Bonchev–Trinajstić information content (AvgIpc) is 3.01. The highest BCUT2D eigenvalue weighted by Crippen LogP contribution is 2.32. The SMILES string of the molecule is O=S(=O)(Nc1ccc2ocnc2c1)c1ccc2c(c1)OCCO2. The van der Waals surface area contributed by atoms with Gasteiger partial charge in [-0.1, -0.05) is 0 Å². The highest BCUT2D eigenvalue weighted by Gasteiger charge is 2.19. The molecule has 1 aromatic heterocycles. The molecule has 0 saturated carbocycles. The monoisotopic (exact) mass is 332 g/mol. The van der Waals surface area contributed by atoms with E-state index in [9.17, 15) is 8.42 Å². The van der Waals surface area contributed by atoms with Crippen molar-refractivity contribution in [2.45, 2.75) is 4.90 Å². The van der Waals surface area contributed by atoms with Gasteiger partial charge in [0.25, 0.3) is 10.0 Å². The molecule has 1 aliphatic rings. The second-order valence-electron chi connectivity index (χ2n) is 4.95. The van der Waals surface area contributed by atoms with Gasteiger partial charge in [0.2, 0.25) is 0 Å². The van der Waals surface area contributed by atoms with Crippen LogP contribution in [0.25, 0.3) is 11.1 Å². The van der Waals surface area contributed by atoms with E-state index in [0.29, 0.717) is 41.5 Å². The lowest BCUT2D eigenvalue weighted by Crippen LogP contribution is -2.17. The Hall–Kier alpha value is -2.74. The fourth-order valence-corrected chi connectivity index (χ4v) is 3.39. The number of hydrogen-bond donors (Lipinski definition) is 1. The summed E-state index contributed by atoms with van der Waals surface area (Å²) in [5.41, 5.74) is 1.57.